The van der Waals surface area contributed by atoms with Crippen LogP contribution in [-0.2, 0) is 19.5 Å². The quantitative estimate of drug-likeness (QED) is 0.635. The molecule has 4 nitrogen and oxygen atoms in total. The number of phenols is 1. The fourth-order valence-electron chi connectivity index (χ4n) is 2.80. The van der Waals surface area contributed by atoms with E-state index >= 15 is 0 Å². The normalized spacial score (nSPS) is 10.7. The minimum atomic E-state index is -0.485. The highest BCUT2D eigenvalue weighted by atomic mass is 35.5. The minimum absolute atomic E-state index is 0. The number of phenolic OH excluding ortho intramolecular Hbond substituents is 1. The second kappa shape index (κ2) is 8.54. The van der Waals surface area contributed by atoms with E-state index in [1.165, 1.54) is 12.1 Å². The molecule has 2 aromatic carbocycles. The molecule has 0 aliphatic heterocycles. The molecule has 2 N–H and O–H groups in total. The van der Waals surface area contributed by atoms with Crippen LogP contribution in [0.15, 0.2) is 45.6 Å². The van der Waals surface area contributed by atoms with Crippen LogP contribution in [0.5, 0.6) is 5.75 Å². The van der Waals surface area contributed by atoms with Gasteiger partial charge in [-0.3, -0.25) is 0 Å². The van der Waals surface area contributed by atoms with Crippen molar-refractivity contribution in [3.8, 4) is 5.75 Å². The third-order valence-electron chi connectivity index (χ3n) is 4.10. The molecule has 138 valence electrons. The molecule has 1 aromatic heterocycles. The van der Waals surface area contributed by atoms with E-state index in [1.54, 1.807) is 24.3 Å². The van der Waals surface area contributed by atoms with E-state index in [0.29, 0.717) is 28.5 Å². The monoisotopic (exact) mass is 396 g/mol. The number of rotatable bonds is 5. The Labute approximate surface area is 161 Å². The summed E-state index contributed by atoms with van der Waals surface area (Å²) in [5.41, 5.74) is 1.49. The molecule has 0 radical (unpaired) electrons. The van der Waals surface area contributed by atoms with Gasteiger partial charge in [-0.15, -0.1) is 0 Å². The van der Waals surface area contributed by atoms with Gasteiger partial charge in [0.25, 0.3) is 0 Å². The summed E-state index contributed by atoms with van der Waals surface area (Å²) in [5, 5.41) is 14.2. The predicted molar refractivity (Wildman–Crippen MR) is 95.5 cm³/mol. The minimum Gasteiger partial charge on any atom is -1.00 e. The first-order valence-corrected chi connectivity index (χ1v) is 8.30. The molecule has 1 heterocycles. The predicted octanol–water partition coefficient (Wildman–Crippen LogP) is 1.15. The van der Waals surface area contributed by atoms with Crippen molar-refractivity contribution in [3.05, 3.63) is 74.3 Å². The van der Waals surface area contributed by atoms with Gasteiger partial charge in [0.05, 0.1) is 10.6 Å². The Morgan fingerprint density at radius 1 is 1.19 bits per heavy atom. The van der Waals surface area contributed by atoms with Crippen LogP contribution in [0, 0.1) is 5.82 Å². The smallest absolute Gasteiger partial charge is 0.336 e. The third kappa shape index (κ3) is 4.01. The van der Waals surface area contributed by atoms with E-state index in [1.807, 2.05) is 6.92 Å². The van der Waals surface area contributed by atoms with Crippen LogP contribution in [0.2, 0.25) is 5.02 Å². The van der Waals surface area contributed by atoms with Crippen molar-refractivity contribution in [2.45, 2.75) is 26.4 Å². The summed E-state index contributed by atoms with van der Waals surface area (Å²) >= 11 is 6.13. The summed E-state index contributed by atoms with van der Waals surface area (Å²) in [6, 6.07) is 9.44. The van der Waals surface area contributed by atoms with Crippen LogP contribution >= 0.6 is 11.6 Å². The molecule has 7 heteroatoms. The fraction of sp³-hybridized carbons (Fsp3) is 0.211. The van der Waals surface area contributed by atoms with Gasteiger partial charge >= 0.3 is 5.63 Å². The van der Waals surface area contributed by atoms with Crippen molar-refractivity contribution in [2.75, 3.05) is 0 Å². The molecule has 3 rings (SSSR count). The molecule has 0 saturated carbocycles. The molecule has 0 atom stereocenters. The van der Waals surface area contributed by atoms with Crippen molar-refractivity contribution < 1.29 is 26.3 Å². The van der Waals surface area contributed by atoms with Gasteiger partial charge in [-0.1, -0.05) is 36.7 Å². The average Bonchev–Trinajstić information content (AvgIpc) is 2.60. The van der Waals surface area contributed by atoms with Gasteiger partial charge in [-0.25, -0.2) is 9.18 Å². The Kier molecular flexibility index (Phi) is 6.64. The van der Waals surface area contributed by atoms with E-state index in [4.69, 9.17) is 16.0 Å². The number of aromatic hydroxyl groups is 1. The van der Waals surface area contributed by atoms with Crippen LogP contribution in [0.4, 0.5) is 4.39 Å². The highest BCUT2D eigenvalue weighted by Gasteiger charge is 2.16. The second-order valence-electron chi connectivity index (χ2n) is 5.70. The van der Waals surface area contributed by atoms with Gasteiger partial charge < -0.3 is 27.2 Å². The maximum atomic E-state index is 13.7. The van der Waals surface area contributed by atoms with Crippen LogP contribution in [0.1, 0.15) is 23.6 Å². The van der Waals surface area contributed by atoms with E-state index in [-0.39, 0.29) is 42.1 Å². The number of halogens is 3. The van der Waals surface area contributed by atoms with E-state index in [9.17, 15) is 14.3 Å². The number of nitrogens with one attached hydrogen (secondary N) is 1. The highest BCUT2D eigenvalue weighted by Crippen LogP contribution is 2.35. The van der Waals surface area contributed by atoms with E-state index in [2.05, 4.69) is 5.32 Å². The standard InChI is InChI=1S/C19H17ClFNO3.ClH/c1-2-11-7-17(23)25-19-13(11)8-15(20)18(24)14(19)10-22-9-12-5-3-4-6-16(12)21;/h3-8,22,24H,2,9-10H2,1H3;1H/p-1. The summed E-state index contributed by atoms with van der Waals surface area (Å²) in [7, 11) is 0. The van der Waals surface area contributed by atoms with Gasteiger partial charge in [-0.2, -0.15) is 0 Å². The topological polar surface area (TPSA) is 62.5 Å². The maximum Gasteiger partial charge on any atom is 0.336 e. The molecule has 3 aromatic rings. The average molecular weight is 397 g/mol. The lowest BCUT2D eigenvalue weighted by Crippen LogP contribution is -3.00. The largest absolute Gasteiger partial charge is 1.00 e. The summed E-state index contributed by atoms with van der Waals surface area (Å²) in [6.07, 6.45) is 0.630. The Hall–Kier alpha value is -2.08. The molecular formula is C19H17Cl2FNO3-. The molecule has 0 fully saturated rings. The Bertz CT molecular complexity index is 988. The Morgan fingerprint density at radius 2 is 1.92 bits per heavy atom. The van der Waals surface area contributed by atoms with Gasteiger partial charge in [0.1, 0.15) is 17.1 Å². The lowest BCUT2D eigenvalue weighted by atomic mass is 10.0. The first kappa shape index (κ1) is 20.2. The second-order valence-corrected chi connectivity index (χ2v) is 6.11. The third-order valence-corrected chi connectivity index (χ3v) is 4.39. The summed E-state index contributed by atoms with van der Waals surface area (Å²) in [6.45, 7) is 2.36. The summed E-state index contributed by atoms with van der Waals surface area (Å²) < 4.78 is 19.0. The van der Waals surface area contributed by atoms with Crippen molar-refractivity contribution in [1.82, 2.24) is 5.32 Å². The zero-order chi connectivity index (χ0) is 18.0. The van der Waals surface area contributed by atoms with Gasteiger partial charge in [0, 0.05) is 30.1 Å². The number of fused-ring (bicyclic) bond motifs is 1. The number of benzene rings is 2. The maximum absolute atomic E-state index is 13.7. The van der Waals surface area contributed by atoms with E-state index < -0.39 is 5.63 Å². The molecule has 0 unspecified atom stereocenters. The number of hydrogen-bond acceptors (Lipinski definition) is 4. The highest BCUT2D eigenvalue weighted by molar-refractivity contribution is 6.33. The van der Waals surface area contributed by atoms with Gasteiger partial charge in [0.2, 0.25) is 0 Å². The first-order valence-electron chi connectivity index (χ1n) is 7.92. The van der Waals surface area contributed by atoms with E-state index in [0.717, 1.165) is 5.56 Å². The zero-order valence-electron chi connectivity index (χ0n) is 14.0. The zero-order valence-corrected chi connectivity index (χ0v) is 15.5. The van der Waals surface area contributed by atoms with Crippen molar-refractivity contribution >= 4 is 22.6 Å². The van der Waals surface area contributed by atoms with Crippen molar-refractivity contribution in [2.24, 2.45) is 0 Å². The molecule has 0 saturated heterocycles. The number of aryl methyl sites for hydroxylation is 1. The molecule has 0 aliphatic carbocycles. The van der Waals surface area contributed by atoms with Crippen molar-refractivity contribution in [3.63, 3.8) is 0 Å². The SMILES string of the molecule is CCc1cc(=O)oc2c(CNCc3ccccc3F)c(O)c(Cl)cc12.[Cl-]. The van der Waals surface area contributed by atoms with Crippen LogP contribution in [-0.4, -0.2) is 5.11 Å². The fourth-order valence-corrected chi connectivity index (χ4v) is 3.02. The lowest BCUT2D eigenvalue weighted by Gasteiger charge is -2.13. The van der Waals surface area contributed by atoms with Crippen LogP contribution in [0.25, 0.3) is 11.0 Å². The molecule has 0 aliphatic rings. The molecule has 0 spiro atoms. The molecule has 0 bridgehead atoms. The lowest BCUT2D eigenvalue weighted by molar-refractivity contribution is -0.00000710. The Morgan fingerprint density at radius 3 is 2.62 bits per heavy atom. The first-order chi connectivity index (χ1) is 12.0. The molecule has 0 amide bonds. The molecular weight excluding hydrogens is 380 g/mol. The van der Waals surface area contributed by atoms with Gasteiger partial charge in [-0.05, 0) is 24.1 Å². The van der Waals surface area contributed by atoms with Crippen molar-refractivity contribution in [1.29, 1.82) is 0 Å². The number of hydrogen-bond donors (Lipinski definition) is 2. The van der Waals surface area contributed by atoms with Crippen LogP contribution < -0.4 is 23.3 Å². The van der Waals surface area contributed by atoms with Crippen LogP contribution in [0.3, 0.4) is 0 Å². The molecule has 26 heavy (non-hydrogen) atoms. The summed E-state index contributed by atoms with van der Waals surface area (Å²) in [4.78, 5) is 11.8. The Balaban J connectivity index is 0.00000243. The summed E-state index contributed by atoms with van der Waals surface area (Å²) in [5.74, 6) is -0.457. The van der Waals surface area contributed by atoms with Gasteiger partial charge in [0.15, 0.2) is 0 Å².